The molecule has 0 aliphatic rings. The molecule has 6 heteroatoms. The molecule has 1 heterocycles. The molecule has 2 aromatic rings. The minimum atomic E-state index is -3.46. The summed E-state index contributed by atoms with van der Waals surface area (Å²) in [7, 11) is -3.46. The van der Waals surface area contributed by atoms with Gasteiger partial charge in [-0.2, -0.15) is 4.31 Å². The topological polar surface area (TPSA) is 66.1 Å². The summed E-state index contributed by atoms with van der Waals surface area (Å²) in [6.07, 6.45) is 3.40. The van der Waals surface area contributed by atoms with Crippen molar-refractivity contribution in [2.45, 2.75) is 18.4 Å². The highest BCUT2D eigenvalue weighted by Gasteiger charge is 2.23. The average Bonchev–Trinajstić information content (AvgIpc) is 2.95. The molecule has 19 heavy (non-hydrogen) atoms. The van der Waals surface area contributed by atoms with Gasteiger partial charge in [0, 0.05) is 13.1 Å². The molecule has 0 radical (unpaired) electrons. The molecule has 102 valence electrons. The second-order valence-corrected chi connectivity index (χ2v) is 6.05. The zero-order valence-electron chi connectivity index (χ0n) is 10.8. The lowest BCUT2D eigenvalue weighted by Gasteiger charge is -2.19. The third-order valence-electron chi connectivity index (χ3n) is 2.94. The number of hydrogen-bond acceptors (Lipinski definition) is 3. The number of likely N-dealkylation sites (N-methyl/N-ethyl adjacent to an activating group) is 1. The van der Waals surface area contributed by atoms with E-state index in [0.29, 0.717) is 19.5 Å². The standard InChI is InChI=1S/C13H17N3O2S/c1-2-16(9-8-12-6-4-3-5-7-12)19(17,18)13-10-14-11-15-13/h3-7,10-11H,2,8-9H2,1H3,(H,14,15). The molecule has 0 fully saturated rings. The van der Waals surface area contributed by atoms with E-state index in [9.17, 15) is 8.42 Å². The number of H-pyrrole nitrogens is 1. The van der Waals surface area contributed by atoms with Gasteiger partial charge in [-0.15, -0.1) is 0 Å². The number of imidazole rings is 1. The van der Waals surface area contributed by atoms with Crippen molar-refractivity contribution in [2.75, 3.05) is 13.1 Å². The maximum atomic E-state index is 12.3. The number of rotatable bonds is 6. The van der Waals surface area contributed by atoms with Gasteiger partial charge in [-0.3, -0.25) is 0 Å². The molecule has 0 amide bonds. The van der Waals surface area contributed by atoms with Crippen molar-refractivity contribution in [2.24, 2.45) is 0 Å². The van der Waals surface area contributed by atoms with Gasteiger partial charge in [0.05, 0.1) is 12.5 Å². The first kappa shape index (κ1) is 13.8. The van der Waals surface area contributed by atoms with E-state index in [1.54, 1.807) is 0 Å². The van der Waals surface area contributed by atoms with E-state index >= 15 is 0 Å². The van der Waals surface area contributed by atoms with Gasteiger partial charge in [0.2, 0.25) is 0 Å². The number of aromatic amines is 1. The Kier molecular flexibility index (Phi) is 4.34. The van der Waals surface area contributed by atoms with Crippen molar-refractivity contribution in [3.8, 4) is 0 Å². The van der Waals surface area contributed by atoms with Crippen LogP contribution >= 0.6 is 0 Å². The predicted molar refractivity (Wildman–Crippen MR) is 73.2 cm³/mol. The summed E-state index contributed by atoms with van der Waals surface area (Å²) < 4.78 is 26.1. The van der Waals surface area contributed by atoms with Crippen LogP contribution in [0.15, 0.2) is 47.9 Å². The third-order valence-corrected chi connectivity index (χ3v) is 4.84. The molecule has 2 rings (SSSR count). The minimum absolute atomic E-state index is 0.141. The van der Waals surface area contributed by atoms with Gasteiger partial charge < -0.3 is 4.98 Å². The predicted octanol–water partition coefficient (Wildman–Crippen LogP) is 1.66. The summed E-state index contributed by atoms with van der Waals surface area (Å²) in [5, 5.41) is 0.141. The van der Waals surface area contributed by atoms with Gasteiger partial charge in [0.15, 0.2) is 5.03 Å². The van der Waals surface area contributed by atoms with E-state index in [-0.39, 0.29) is 5.03 Å². The van der Waals surface area contributed by atoms with Gasteiger partial charge in [0.25, 0.3) is 10.0 Å². The van der Waals surface area contributed by atoms with Crippen LogP contribution in [-0.2, 0) is 16.4 Å². The first-order valence-corrected chi connectivity index (χ1v) is 7.61. The molecule has 0 saturated heterocycles. The summed E-state index contributed by atoms with van der Waals surface area (Å²) in [4.78, 5) is 6.41. The Hall–Kier alpha value is -1.66. The van der Waals surface area contributed by atoms with Crippen LogP contribution in [0.1, 0.15) is 12.5 Å². The Labute approximate surface area is 113 Å². The van der Waals surface area contributed by atoms with Crippen LogP contribution in [0.2, 0.25) is 0 Å². The maximum absolute atomic E-state index is 12.3. The highest BCUT2D eigenvalue weighted by molar-refractivity contribution is 7.89. The van der Waals surface area contributed by atoms with E-state index in [1.807, 2.05) is 37.3 Å². The van der Waals surface area contributed by atoms with E-state index in [4.69, 9.17) is 0 Å². The van der Waals surface area contributed by atoms with E-state index in [2.05, 4.69) is 9.97 Å². The Morgan fingerprint density at radius 1 is 1.26 bits per heavy atom. The SMILES string of the molecule is CCN(CCc1ccccc1)S(=O)(=O)c1cnc[nH]1. The molecule has 1 N–H and O–H groups in total. The van der Waals surface area contributed by atoms with Crippen LogP contribution in [-0.4, -0.2) is 35.8 Å². The fourth-order valence-electron chi connectivity index (χ4n) is 1.87. The quantitative estimate of drug-likeness (QED) is 0.874. The molecule has 0 atom stereocenters. The summed E-state index contributed by atoms with van der Waals surface area (Å²) >= 11 is 0. The average molecular weight is 279 g/mol. The largest absolute Gasteiger partial charge is 0.335 e. The van der Waals surface area contributed by atoms with Crippen molar-refractivity contribution < 1.29 is 8.42 Å². The lowest BCUT2D eigenvalue weighted by molar-refractivity contribution is 0.429. The van der Waals surface area contributed by atoms with Crippen LogP contribution in [0.5, 0.6) is 0 Å². The zero-order valence-corrected chi connectivity index (χ0v) is 11.6. The number of aromatic nitrogens is 2. The Morgan fingerprint density at radius 2 is 2.00 bits per heavy atom. The van der Waals surface area contributed by atoms with Crippen molar-refractivity contribution in [1.82, 2.24) is 14.3 Å². The first-order chi connectivity index (χ1) is 9.14. The van der Waals surface area contributed by atoms with Crippen LogP contribution < -0.4 is 0 Å². The van der Waals surface area contributed by atoms with Gasteiger partial charge in [0.1, 0.15) is 0 Å². The maximum Gasteiger partial charge on any atom is 0.260 e. The van der Waals surface area contributed by atoms with Gasteiger partial charge in [-0.1, -0.05) is 37.3 Å². The molecule has 0 bridgehead atoms. The molecule has 0 unspecified atom stereocenters. The Morgan fingerprint density at radius 3 is 2.58 bits per heavy atom. The lowest BCUT2D eigenvalue weighted by Crippen LogP contribution is -2.33. The van der Waals surface area contributed by atoms with E-state index in [1.165, 1.54) is 16.8 Å². The lowest BCUT2D eigenvalue weighted by atomic mass is 10.1. The summed E-state index contributed by atoms with van der Waals surface area (Å²) in [5.74, 6) is 0. The highest BCUT2D eigenvalue weighted by Crippen LogP contribution is 2.12. The summed E-state index contributed by atoms with van der Waals surface area (Å²) in [6.45, 7) is 2.73. The van der Waals surface area contributed by atoms with Crippen LogP contribution in [0.4, 0.5) is 0 Å². The Balaban J connectivity index is 2.09. The second-order valence-electron chi connectivity index (χ2n) is 4.15. The van der Waals surface area contributed by atoms with Crippen molar-refractivity contribution in [3.63, 3.8) is 0 Å². The third kappa shape index (κ3) is 3.21. The van der Waals surface area contributed by atoms with Gasteiger partial charge >= 0.3 is 0 Å². The van der Waals surface area contributed by atoms with E-state index < -0.39 is 10.0 Å². The van der Waals surface area contributed by atoms with Gasteiger partial charge in [-0.25, -0.2) is 13.4 Å². The fraction of sp³-hybridized carbons (Fsp3) is 0.308. The molecule has 1 aromatic carbocycles. The molecule has 0 saturated carbocycles. The number of hydrogen-bond donors (Lipinski definition) is 1. The summed E-state index contributed by atoms with van der Waals surface area (Å²) in [5.41, 5.74) is 1.13. The zero-order chi connectivity index (χ0) is 13.7. The normalized spacial score (nSPS) is 11.9. The van der Waals surface area contributed by atoms with Gasteiger partial charge in [-0.05, 0) is 12.0 Å². The Bertz CT molecular complexity index is 594. The number of benzene rings is 1. The van der Waals surface area contributed by atoms with Crippen molar-refractivity contribution in [1.29, 1.82) is 0 Å². The monoisotopic (exact) mass is 279 g/mol. The molecule has 0 spiro atoms. The first-order valence-electron chi connectivity index (χ1n) is 6.17. The number of sulfonamides is 1. The van der Waals surface area contributed by atoms with Crippen LogP contribution in [0.3, 0.4) is 0 Å². The minimum Gasteiger partial charge on any atom is -0.335 e. The number of nitrogens with zero attached hydrogens (tertiary/aromatic N) is 2. The van der Waals surface area contributed by atoms with Crippen molar-refractivity contribution in [3.05, 3.63) is 48.4 Å². The van der Waals surface area contributed by atoms with Crippen LogP contribution in [0, 0.1) is 0 Å². The number of nitrogens with one attached hydrogen (secondary N) is 1. The molecule has 1 aromatic heterocycles. The molecule has 0 aliphatic heterocycles. The highest BCUT2D eigenvalue weighted by atomic mass is 32.2. The van der Waals surface area contributed by atoms with Crippen LogP contribution in [0.25, 0.3) is 0 Å². The van der Waals surface area contributed by atoms with E-state index in [0.717, 1.165) is 5.56 Å². The molecule has 0 aliphatic carbocycles. The molecular weight excluding hydrogens is 262 g/mol. The van der Waals surface area contributed by atoms with Crippen molar-refractivity contribution >= 4 is 10.0 Å². The second kappa shape index (κ2) is 5.99. The molecular formula is C13H17N3O2S. The smallest absolute Gasteiger partial charge is 0.260 e. The fourth-order valence-corrected chi connectivity index (χ4v) is 3.22. The molecule has 5 nitrogen and oxygen atoms in total. The summed E-state index contributed by atoms with van der Waals surface area (Å²) in [6, 6.07) is 9.85.